The van der Waals surface area contributed by atoms with Gasteiger partial charge < -0.3 is 4.90 Å². The van der Waals surface area contributed by atoms with E-state index in [1.807, 2.05) is 0 Å². The molecular weight excluding hydrogens is 265 g/mol. The minimum atomic E-state index is -4.95. The average molecular weight is 274 g/mol. The van der Waals surface area contributed by atoms with Crippen LogP contribution >= 0.6 is 0 Å². The number of anilines is 1. The van der Waals surface area contributed by atoms with Gasteiger partial charge in [0.2, 0.25) is 0 Å². The van der Waals surface area contributed by atoms with E-state index in [4.69, 9.17) is 0 Å². The van der Waals surface area contributed by atoms with E-state index in [-0.39, 0.29) is 17.9 Å². The van der Waals surface area contributed by atoms with Crippen LogP contribution < -0.4 is 4.90 Å². The zero-order valence-electron chi connectivity index (χ0n) is 9.61. The average Bonchev–Trinajstić information content (AvgIpc) is 2.35. The van der Waals surface area contributed by atoms with Crippen molar-refractivity contribution < 1.29 is 22.9 Å². The number of nitro groups is 1. The number of aryl methyl sites for hydroxylation is 1. The second-order valence-corrected chi connectivity index (χ2v) is 4.13. The first-order valence-electron chi connectivity index (χ1n) is 5.46. The topological polar surface area (TPSA) is 63.5 Å². The van der Waals surface area contributed by atoms with Gasteiger partial charge in [0.05, 0.1) is 4.92 Å². The first kappa shape index (κ1) is 13.3. The Bertz CT molecular complexity index is 542. The quantitative estimate of drug-likeness (QED) is 0.583. The molecule has 0 saturated heterocycles. The van der Waals surface area contributed by atoms with Gasteiger partial charge in [0.25, 0.3) is 5.69 Å². The summed E-state index contributed by atoms with van der Waals surface area (Å²) in [7, 11) is 0. The summed E-state index contributed by atoms with van der Waals surface area (Å²) in [6.07, 6.45) is -4.19. The maximum Gasteiger partial charge on any atom is 0.471 e. The van der Waals surface area contributed by atoms with E-state index in [2.05, 4.69) is 0 Å². The van der Waals surface area contributed by atoms with Gasteiger partial charge in [0, 0.05) is 24.4 Å². The molecule has 0 fully saturated rings. The van der Waals surface area contributed by atoms with E-state index < -0.39 is 17.0 Å². The Morgan fingerprint density at radius 3 is 2.63 bits per heavy atom. The summed E-state index contributed by atoms with van der Waals surface area (Å²) >= 11 is 0. The van der Waals surface area contributed by atoms with Gasteiger partial charge in [-0.2, -0.15) is 13.2 Å². The molecule has 0 unspecified atom stereocenters. The molecule has 0 radical (unpaired) electrons. The van der Waals surface area contributed by atoms with Crippen molar-refractivity contribution in [1.82, 2.24) is 0 Å². The summed E-state index contributed by atoms with van der Waals surface area (Å²) in [6.45, 7) is -0.0385. The zero-order valence-corrected chi connectivity index (χ0v) is 9.61. The number of alkyl halides is 3. The van der Waals surface area contributed by atoms with Crippen molar-refractivity contribution in [2.45, 2.75) is 19.0 Å². The fourth-order valence-electron chi connectivity index (χ4n) is 2.06. The Hall–Kier alpha value is -2.12. The standard InChI is InChI=1S/C11H9F3N2O3/c12-11(13,14)10(17)15-5-1-2-7-6-8(16(18)19)3-4-9(7)15/h3-4,6H,1-2,5H2. The molecule has 1 amide bonds. The number of carbonyl (C=O) groups excluding carboxylic acids is 1. The second-order valence-electron chi connectivity index (χ2n) is 4.13. The van der Waals surface area contributed by atoms with Gasteiger partial charge in [-0.05, 0) is 24.5 Å². The van der Waals surface area contributed by atoms with Crippen LogP contribution in [0, 0.1) is 10.1 Å². The molecule has 0 N–H and O–H groups in total. The van der Waals surface area contributed by atoms with Crippen LogP contribution in [-0.4, -0.2) is 23.6 Å². The smallest absolute Gasteiger partial charge is 0.304 e. The number of fused-ring (bicyclic) bond motifs is 1. The van der Waals surface area contributed by atoms with Crippen LogP contribution in [0.15, 0.2) is 18.2 Å². The maximum atomic E-state index is 12.4. The monoisotopic (exact) mass is 274 g/mol. The van der Waals surface area contributed by atoms with E-state index in [0.717, 1.165) is 6.07 Å². The van der Waals surface area contributed by atoms with Gasteiger partial charge in [-0.15, -0.1) is 0 Å². The van der Waals surface area contributed by atoms with E-state index in [0.29, 0.717) is 23.3 Å². The Balaban J connectivity index is 2.40. The number of carbonyl (C=O) groups is 1. The Morgan fingerprint density at radius 1 is 1.37 bits per heavy atom. The number of nitrogens with zero attached hydrogens (tertiary/aromatic N) is 2. The van der Waals surface area contributed by atoms with Gasteiger partial charge in [0.1, 0.15) is 0 Å². The SMILES string of the molecule is O=C(N1CCCc2cc([N+](=O)[O-])ccc21)C(F)(F)F. The lowest BCUT2D eigenvalue weighted by molar-refractivity contribution is -0.384. The molecule has 2 rings (SSSR count). The summed E-state index contributed by atoms with van der Waals surface area (Å²) < 4.78 is 37.3. The van der Waals surface area contributed by atoms with E-state index in [1.54, 1.807) is 0 Å². The van der Waals surface area contributed by atoms with Gasteiger partial charge in [-0.1, -0.05) is 0 Å². The molecule has 1 heterocycles. The van der Waals surface area contributed by atoms with Crippen molar-refractivity contribution in [3.05, 3.63) is 33.9 Å². The molecule has 1 aliphatic heterocycles. The molecule has 0 atom stereocenters. The third-order valence-corrected chi connectivity index (χ3v) is 2.88. The lowest BCUT2D eigenvalue weighted by atomic mass is 10.0. The van der Waals surface area contributed by atoms with Crippen LogP contribution in [0.3, 0.4) is 0 Å². The molecule has 1 aliphatic rings. The third-order valence-electron chi connectivity index (χ3n) is 2.88. The van der Waals surface area contributed by atoms with Crippen LogP contribution in [0.1, 0.15) is 12.0 Å². The molecule has 1 aromatic carbocycles. The molecule has 8 heteroatoms. The third kappa shape index (κ3) is 2.51. The molecule has 102 valence electrons. The summed E-state index contributed by atoms with van der Waals surface area (Å²) in [5.41, 5.74) is 0.289. The van der Waals surface area contributed by atoms with Crippen LogP contribution in [-0.2, 0) is 11.2 Å². The van der Waals surface area contributed by atoms with Crippen molar-refractivity contribution in [1.29, 1.82) is 0 Å². The fourth-order valence-corrected chi connectivity index (χ4v) is 2.06. The van der Waals surface area contributed by atoms with Gasteiger partial charge in [-0.3, -0.25) is 14.9 Å². The predicted octanol–water partition coefficient (Wildman–Crippen LogP) is 2.44. The molecule has 0 saturated carbocycles. The van der Waals surface area contributed by atoms with Crippen molar-refractivity contribution in [2.75, 3.05) is 11.4 Å². The van der Waals surface area contributed by atoms with E-state index in [9.17, 15) is 28.1 Å². The van der Waals surface area contributed by atoms with Gasteiger partial charge in [-0.25, -0.2) is 0 Å². The largest absolute Gasteiger partial charge is 0.471 e. The number of nitro benzene ring substituents is 1. The number of amides is 1. The highest BCUT2D eigenvalue weighted by molar-refractivity contribution is 5.98. The fraction of sp³-hybridized carbons (Fsp3) is 0.364. The highest BCUT2D eigenvalue weighted by Crippen LogP contribution is 2.33. The number of non-ortho nitro benzene ring substituents is 1. The summed E-state index contributed by atoms with van der Waals surface area (Å²) in [4.78, 5) is 21.9. The minimum absolute atomic E-state index is 0.0385. The molecule has 0 bridgehead atoms. The van der Waals surface area contributed by atoms with Crippen LogP contribution in [0.5, 0.6) is 0 Å². The predicted molar refractivity (Wildman–Crippen MR) is 59.8 cm³/mol. The molecule has 0 spiro atoms. The van der Waals surface area contributed by atoms with Crippen LogP contribution in [0.4, 0.5) is 24.5 Å². The number of benzene rings is 1. The van der Waals surface area contributed by atoms with E-state index in [1.165, 1.54) is 12.1 Å². The minimum Gasteiger partial charge on any atom is -0.304 e. The van der Waals surface area contributed by atoms with Crippen molar-refractivity contribution >= 4 is 17.3 Å². The van der Waals surface area contributed by atoms with Crippen molar-refractivity contribution in [2.24, 2.45) is 0 Å². The van der Waals surface area contributed by atoms with Crippen molar-refractivity contribution in [3.8, 4) is 0 Å². The Labute approximate surface area is 105 Å². The number of rotatable bonds is 1. The highest BCUT2D eigenvalue weighted by Gasteiger charge is 2.44. The Morgan fingerprint density at radius 2 is 2.05 bits per heavy atom. The second kappa shape index (κ2) is 4.52. The van der Waals surface area contributed by atoms with Crippen LogP contribution in [0.2, 0.25) is 0 Å². The lowest BCUT2D eigenvalue weighted by Crippen LogP contribution is -2.43. The van der Waals surface area contributed by atoms with Gasteiger partial charge >= 0.3 is 12.1 Å². The lowest BCUT2D eigenvalue weighted by Gasteiger charge is -2.29. The number of halogens is 3. The molecular formula is C11H9F3N2O3. The zero-order chi connectivity index (χ0) is 14.2. The molecule has 0 aromatic heterocycles. The summed E-state index contributed by atoms with van der Waals surface area (Å²) in [6, 6.07) is 3.50. The molecule has 5 nitrogen and oxygen atoms in total. The summed E-state index contributed by atoms with van der Waals surface area (Å²) in [5, 5.41) is 10.6. The maximum absolute atomic E-state index is 12.4. The van der Waals surface area contributed by atoms with Gasteiger partial charge in [0.15, 0.2) is 0 Å². The summed E-state index contributed by atoms with van der Waals surface area (Å²) in [5.74, 6) is -1.94. The van der Waals surface area contributed by atoms with Crippen molar-refractivity contribution in [3.63, 3.8) is 0 Å². The highest BCUT2D eigenvalue weighted by atomic mass is 19.4. The molecule has 0 aliphatic carbocycles. The molecule has 19 heavy (non-hydrogen) atoms. The van der Waals surface area contributed by atoms with E-state index >= 15 is 0 Å². The van der Waals surface area contributed by atoms with Crippen LogP contribution in [0.25, 0.3) is 0 Å². The first-order valence-corrected chi connectivity index (χ1v) is 5.46. The number of hydrogen-bond donors (Lipinski definition) is 0. The normalized spacial score (nSPS) is 15.0. The molecule has 1 aromatic rings. The Kier molecular flexibility index (Phi) is 3.17. The number of hydrogen-bond acceptors (Lipinski definition) is 3. The first-order chi connectivity index (χ1) is 8.80.